The van der Waals surface area contributed by atoms with Crippen molar-refractivity contribution in [3.8, 4) is 39.8 Å². The monoisotopic (exact) mass is 897 g/mol. The summed E-state index contributed by atoms with van der Waals surface area (Å²) in [5.41, 5.74) is 11.6. The molecule has 0 aliphatic carbocycles. The molecular weight excluding hydrogens is 865 g/mol. The molecule has 1 aliphatic heterocycles. The van der Waals surface area contributed by atoms with Crippen molar-refractivity contribution < 1.29 is 25.2 Å². The van der Waals surface area contributed by atoms with E-state index >= 15 is 0 Å². The second-order valence-corrected chi connectivity index (χ2v) is 15.8. The number of para-hydroxylation sites is 1. The Morgan fingerprint density at radius 2 is 1.08 bits per heavy atom. The molecule has 0 amide bonds. The van der Waals surface area contributed by atoms with E-state index < -0.39 is 5.41 Å². The first-order chi connectivity index (χ1) is 30.8. The Labute approximate surface area is 376 Å². The summed E-state index contributed by atoms with van der Waals surface area (Å²) in [6.07, 6.45) is 3.73. The Kier molecular flexibility index (Phi) is 8.52. The van der Waals surface area contributed by atoms with Crippen LogP contribution in [-0.4, -0.2) is 23.9 Å². The van der Waals surface area contributed by atoms with Gasteiger partial charge in [0.2, 0.25) is 0 Å². The van der Waals surface area contributed by atoms with Crippen molar-refractivity contribution in [1.82, 2.24) is 23.9 Å². The third kappa shape index (κ3) is 5.37. The molecule has 0 saturated carbocycles. The SMILES string of the molecule is [Pd+2].[c-]1c(Oc2[c-]c3c(cc2)c2cccc4c2n3-c2ncccc2C4(c2ccccc2)c2ccccc2)ccc2c1c1nc(-c3ccccc3)c(-c3ccccc3)n1c1ncccc21. The van der Waals surface area contributed by atoms with E-state index in [4.69, 9.17) is 19.7 Å². The molecule has 0 N–H and O–H groups in total. The average molecular weight is 898 g/mol. The second-order valence-electron chi connectivity index (χ2n) is 15.8. The normalized spacial score (nSPS) is 12.8. The van der Waals surface area contributed by atoms with Gasteiger partial charge < -0.3 is 13.7 Å². The molecule has 0 saturated heterocycles. The van der Waals surface area contributed by atoms with Crippen molar-refractivity contribution in [3.63, 3.8) is 0 Å². The Hall–Kier alpha value is -7.69. The van der Waals surface area contributed by atoms with Gasteiger partial charge in [-0.1, -0.05) is 174 Å². The van der Waals surface area contributed by atoms with Crippen molar-refractivity contribution in [2.45, 2.75) is 5.41 Å². The largest absolute Gasteiger partial charge is 2.00 e. The summed E-state index contributed by atoms with van der Waals surface area (Å²) in [5, 5.41) is 5.05. The van der Waals surface area contributed by atoms with Gasteiger partial charge in [0.25, 0.3) is 0 Å². The zero-order valence-electron chi connectivity index (χ0n) is 33.5. The van der Waals surface area contributed by atoms with Gasteiger partial charge in [0, 0.05) is 46.1 Å². The van der Waals surface area contributed by atoms with Crippen LogP contribution >= 0.6 is 0 Å². The van der Waals surface area contributed by atoms with Crippen LogP contribution in [0.3, 0.4) is 0 Å². The van der Waals surface area contributed by atoms with Crippen LogP contribution in [0.2, 0.25) is 0 Å². The fourth-order valence-electron chi connectivity index (χ4n) is 10.0. The van der Waals surface area contributed by atoms with Gasteiger partial charge in [0.05, 0.1) is 22.5 Å². The van der Waals surface area contributed by atoms with Gasteiger partial charge in [-0.05, 0) is 39.6 Å². The van der Waals surface area contributed by atoms with Crippen molar-refractivity contribution in [3.05, 3.63) is 235 Å². The number of nitrogens with zero attached hydrogens (tertiary/aromatic N) is 5. The molecule has 0 atom stereocenters. The number of rotatable bonds is 6. The molecule has 63 heavy (non-hydrogen) atoms. The summed E-state index contributed by atoms with van der Waals surface area (Å²) in [6.45, 7) is 0. The summed E-state index contributed by atoms with van der Waals surface area (Å²) < 4.78 is 11.2. The van der Waals surface area contributed by atoms with Crippen molar-refractivity contribution in [2.75, 3.05) is 0 Å². The molecule has 1 aliphatic rings. The van der Waals surface area contributed by atoms with E-state index in [1.165, 1.54) is 16.7 Å². The van der Waals surface area contributed by atoms with Gasteiger partial charge in [0.15, 0.2) is 0 Å². The maximum absolute atomic E-state index is 6.78. The molecule has 6 nitrogen and oxygen atoms in total. The van der Waals surface area contributed by atoms with Gasteiger partial charge in [-0.25, -0.2) is 9.97 Å². The first-order valence-electron chi connectivity index (χ1n) is 20.8. The predicted octanol–water partition coefficient (Wildman–Crippen LogP) is 12.9. The van der Waals surface area contributed by atoms with Crippen LogP contribution in [-0.2, 0) is 25.8 Å². The van der Waals surface area contributed by atoms with Gasteiger partial charge in [-0.2, -0.15) is 6.07 Å². The zero-order chi connectivity index (χ0) is 40.8. The maximum Gasteiger partial charge on any atom is 2.00 e. The molecule has 12 aromatic rings. The van der Waals surface area contributed by atoms with Crippen LogP contribution in [0.15, 0.2) is 200 Å². The second kappa shape index (κ2) is 14.5. The van der Waals surface area contributed by atoms with Crippen molar-refractivity contribution in [2.24, 2.45) is 0 Å². The Balaban J connectivity index is 0.00000421. The minimum atomic E-state index is -0.603. The molecule has 0 radical (unpaired) electrons. The fraction of sp³-hybridized carbons (Fsp3) is 0.0179. The first-order valence-corrected chi connectivity index (χ1v) is 20.8. The van der Waals surface area contributed by atoms with Crippen molar-refractivity contribution >= 4 is 49.3 Å². The molecular formula is C56H33N5OPd. The number of pyridine rings is 3. The number of fused-ring (bicyclic) bond motifs is 11. The minimum absolute atomic E-state index is 0. The maximum atomic E-state index is 6.78. The third-order valence-electron chi connectivity index (χ3n) is 12.5. The zero-order valence-corrected chi connectivity index (χ0v) is 35.1. The van der Waals surface area contributed by atoms with E-state index in [9.17, 15) is 0 Å². The quantitative estimate of drug-likeness (QED) is 0.0948. The van der Waals surface area contributed by atoms with E-state index in [1.54, 1.807) is 0 Å². The summed E-state index contributed by atoms with van der Waals surface area (Å²) in [5.74, 6) is 2.01. The molecule has 7 heteroatoms. The van der Waals surface area contributed by atoms with Gasteiger partial charge in [-0.15, -0.1) is 29.7 Å². The summed E-state index contributed by atoms with van der Waals surface area (Å²) in [6, 6.07) is 73.0. The number of aromatic nitrogens is 5. The molecule has 0 fully saturated rings. The van der Waals surface area contributed by atoms with Gasteiger partial charge in [-0.3, -0.25) is 4.98 Å². The average Bonchev–Trinajstić information content (AvgIpc) is 3.91. The standard InChI is InChI=1S/C56H33N5O.Pd/c1-5-16-36(17-6-1)50-51(37-18-7-2-8-19-37)61-53-45(25-14-32-57-53)42-30-28-40(34-46(42)54(61)59-50)62-41-29-31-43-44-24-13-26-47-52(44)60(49(43)35-41)55-48(27-15-33-58-55)56(47,38-20-9-3-10-21-38)39-22-11-4-12-23-39;/h1-33H;/q-2;+2. The van der Waals surface area contributed by atoms with E-state index in [0.717, 1.165) is 83.2 Å². The number of benzene rings is 7. The van der Waals surface area contributed by atoms with Crippen LogP contribution < -0.4 is 4.74 Å². The summed E-state index contributed by atoms with van der Waals surface area (Å²) in [4.78, 5) is 15.5. The van der Waals surface area contributed by atoms with Crippen molar-refractivity contribution in [1.29, 1.82) is 0 Å². The third-order valence-corrected chi connectivity index (χ3v) is 12.5. The van der Waals surface area contributed by atoms with E-state index in [2.05, 4.69) is 173 Å². The first kappa shape index (κ1) is 37.1. The van der Waals surface area contributed by atoms with Crippen LogP contribution in [0, 0.1) is 12.1 Å². The molecule has 0 unspecified atom stereocenters. The summed E-state index contributed by atoms with van der Waals surface area (Å²) in [7, 11) is 0. The molecule has 298 valence electrons. The number of imidazole rings is 1. The predicted molar refractivity (Wildman–Crippen MR) is 247 cm³/mol. The van der Waals surface area contributed by atoms with Crippen LogP contribution in [0.25, 0.3) is 77.6 Å². The molecule has 13 rings (SSSR count). The topological polar surface area (TPSA) is 57.2 Å². The Morgan fingerprint density at radius 3 is 1.81 bits per heavy atom. The Morgan fingerprint density at radius 1 is 0.476 bits per heavy atom. The van der Waals surface area contributed by atoms with E-state index in [-0.39, 0.29) is 20.4 Å². The molecule has 0 spiro atoms. The molecule has 7 aromatic carbocycles. The molecule has 6 heterocycles. The minimum Gasteiger partial charge on any atom is -0.503 e. The van der Waals surface area contributed by atoms with Gasteiger partial charge >= 0.3 is 20.4 Å². The van der Waals surface area contributed by atoms with Gasteiger partial charge in [0.1, 0.15) is 11.5 Å². The number of hydrogen-bond acceptors (Lipinski definition) is 4. The van der Waals surface area contributed by atoms with Crippen LogP contribution in [0.1, 0.15) is 22.3 Å². The molecule has 0 bridgehead atoms. The van der Waals surface area contributed by atoms with Crippen LogP contribution in [0.4, 0.5) is 0 Å². The summed E-state index contributed by atoms with van der Waals surface area (Å²) >= 11 is 0. The van der Waals surface area contributed by atoms with Crippen LogP contribution in [0.5, 0.6) is 11.5 Å². The fourth-order valence-corrected chi connectivity index (χ4v) is 10.0. The number of hydrogen-bond donors (Lipinski definition) is 0. The number of ether oxygens (including phenoxy) is 1. The van der Waals surface area contributed by atoms with E-state index in [0.29, 0.717) is 11.5 Å². The molecule has 5 aromatic heterocycles. The Bertz CT molecular complexity index is 3680. The van der Waals surface area contributed by atoms with E-state index in [1.807, 2.05) is 48.8 Å². The smallest absolute Gasteiger partial charge is 0.503 e.